The van der Waals surface area contributed by atoms with Gasteiger partial charge in [0.25, 0.3) is 5.69 Å². The van der Waals surface area contributed by atoms with Crippen molar-refractivity contribution in [1.29, 1.82) is 0 Å². The van der Waals surface area contributed by atoms with Gasteiger partial charge in [-0.2, -0.15) is 0 Å². The molecule has 0 saturated carbocycles. The van der Waals surface area contributed by atoms with Crippen LogP contribution in [0.15, 0.2) is 53.1 Å². The van der Waals surface area contributed by atoms with Gasteiger partial charge in [-0.1, -0.05) is 46.3 Å². The van der Waals surface area contributed by atoms with Gasteiger partial charge in [0, 0.05) is 47.2 Å². The van der Waals surface area contributed by atoms with Crippen LogP contribution in [-0.2, 0) is 23.0 Å². The summed E-state index contributed by atoms with van der Waals surface area (Å²) in [5.74, 6) is -0.152. The number of aryl methyl sites for hydroxylation is 1. The maximum absolute atomic E-state index is 13.0. The SMILES string of the molecule is CS(=O)(=O)NCCCn1cc(C(=O)Cc2ccccc2Br)c2cccc([N+](=O)[O-])c21. The molecule has 8 nitrogen and oxygen atoms in total. The molecule has 158 valence electrons. The Labute approximate surface area is 182 Å². The molecule has 0 unspecified atom stereocenters. The molecule has 0 spiro atoms. The fourth-order valence-corrected chi connectivity index (χ4v) is 4.24. The van der Waals surface area contributed by atoms with E-state index in [0.717, 1.165) is 16.3 Å². The highest BCUT2D eigenvalue weighted by Gasteiger charge is 2.22. The lowest BCUT2D eigenvalue weighted by atomic mass is 10.0. The fourth-order valence-electron chi connectivity index (χ4n) is 3.30. The zero-order valence-corrected chi connectivity index (χ0v) is 18.6. The number of nitro groups is 1. The third kappa shape index (κ3) is 5.13. The minimum atomic E-state index is -3.32. The predicted octanol–water partition coefficient (Wildman–Crippen LogP) is 3.68. The highest BCUT2D eigenvalue weighted by atomic mass is 79.9. The van der Waals surface area contributed by atoms with Crippen molar-refractivity contribution in [2.45, 2.75) is 19.4 Å². The van der Waals surface area contributed by atoms with Gasteiger partial charge in [0.1, 0.15) is 5.52 Å². The number of carbonyl (C=O) groups excluding carboxylic acids is 1. The number of benzene rings is 2. The third-order valence-electron chi connectivity index (χ3n) is 4.62. The van der Waals surface area contributed by atoms with Gasteiger partial charge in [0.15, 0.2) is 5.78 Å². The number of hydrogen-bond acceptors (Lipinski definition) is 5. The number of hydrogen-bond donors (Lipinski definition) is 1. The average molecular weight is 494 g/mol. The Morgan fingerprint density at radius 2 is 1.93 bits per heavy atom. The van der Waals surface area contributed by atoms with Crippen LogP contribution in [0.1, 0.15) is 22.3 Å². The number of non-ortho nitro benzene ring substituents is 1. The first kappa shape index (κ1) is 22.1. The van der Waals surface area contributed by atoms with E-state index in [-0.39, 0.29) is 24.4 Å². The van der Waals surface area contributed by atoms with Crippen molar-refractivity contribution in [3.05, 3.63) is 74.4 Å². The number of para-hydroxylation sites is 1. The minimum Gasteiger partial charge on any atom is -0.341 e. The van der Waals surface area contributed by atoms with Crippen molar-refractivity contribution in [3.63, 3.8) is 0 Å². The molecule has 3 rings (SSSR count). The fraction of sp³-hybridized carbons (Fsp3) is 0.250. The van der Waals surface area contributed by atoms with Crippen molar-refractivity contribution in [3.8, 4) is 0 Å². The minimum absolute atomic E-state index is 0.0940. The molecule has 0 aliphatic carbocycles. The predicted molar refractivity (Wildman–Crippen MR) is 118 cm³/mol. The van der Waals surface area contributed by atoms with Crippen molar-refractivity contribution >= 4 is 48.3 Å². The Balaban J connectivity index is 1.96. The van der Waals surface area contributed by atoms with Crippen LogP contribution in [0.2, 0.25) is 0 Å². The molecule has 3 aromatic rings. The smallest absolute Gasteiger partial charge is 0.293 e. The molecule has 1 N–H and O–H groups in total. The van der Waals surface area contributed by atoms with Crippen LogP contribution in [-0.4, -0.2) is 36.5 Å². The summed E-state index contributed by atoms with van der Waals surface area (Å²) in [6.45, 7) is 0.519. The topological polar surface area (TPSA) is 111 Å². The number of nitro benzene ring substituents is 1. The summed E-state index contributed by atoms with van der Waals surface area (Å²) in [7, 11) is -3.32. The monoisotopic (exact) mass is 493 g/mol. The Kier molecular flexibility index (Phi) is 6.69. The highest BCUT2D eigenvalue weighted by molar-refractivity contribution is 9.10. The molecular weight excluding hydrogens is 474 g/mol. The Morgan fingerprint density at radius 1 is 1.20 bits per heavy atom. The molecule has 0 radical (unpaired) electrons. The van der Waals surface area contributed by atoms with Crippen molar-refractivity contribution in [2.24, 2.45) is 0 Å². The largest absolute Gasteiger partial charge is 0.341 e. The van der Waals surface area contributed by atoms with Crippen molar-refractivity contribution in [1.82, 2.24) is 9.29 Å². The molecule has 1 heterocycles. The first-order valence-corrected chi connectivity index (χ1v) is 11.8. The summed E-state index contributed by atoms with van der Waals surface area (Å²) in [6, 6.07) is 12.1. The van der Waals surface area contributed by atoms with Gasteiger partial charge < -0.3 is 4.57 Å². The zero-order chi connectivity index (χ0) is 21.9. The van der Waals surface area contributed by atoms with E-state index in [0.29, 0.717) is 29.4 Å². The number of fused-ring (bicyclic) bond motifs is 1. The number of ketones is 1. The summed E-state index contributed by atoms with van der Waals surface area (Å²) in [4.78, 5) is 24.1. The summed E-state index contributed by atoms with van der Waals surface area (Å²) < 4.78 is 27.4. The summed E-state index contributed by atoms with van der Waals surface area (Å²) in [5.41, 5.74) is 1.49. The molecule has 10 heteroatoms. The molecular formula is C20H20BrN3O5S. The second kappa shape index (κ2) is 9.07. The maximum Gasteiger partial charge on any atom is 0.293 e. The lowest BCUT2D eigenvalue weighted by Crippen LogP contribution is -2.23. The Bertz CT molecular complexity index is 1220. The van der Waals surface area contributed by atoms with E-state index in [1.807, 2.05) is 24.3 Å². The van der Waals surface area contributed by atoms with Gasteiger partial charge in [0.2, 0.25) is 10.0 Å². The van der Waals surface area contributed by atoms with Crippen LogP contribution in [0.3, 0.4) is 0 Å². The van der Waals surface area contributed by atoms with Crippen LogP contribution in [0.25, 0.3) is 10.9 Å². The molecule has 0 saturated heterocycles. The van der Waals surface area contributed by atoms with Crippen molar-refractivity contribution in [2.75, 3.05) is 12.8 Å². The lowest BCUT2D eigenvalue weighted by Gasteiger charge is -2.06. The van der Waals surface area contributed by atoms with E-state index in [1.54, 1.807) is 22.9 Å². The van der Waals surface area contributed by atoms with Gasteiger partial charge in [-0.3, -0.25) is 14.9 Å². The van der Waals surface area contributed by atoms with E-state index in [1.165, 1.54) is 6.07 Å². The Hall–Kier alpha value is -2.56. The summed E-state index contributed by atoms with van der Waals surface area (Å²) >= 11 is 3.44. The van der Waals surface area contributed by atoms with E-state index < -0.39 is 14.9 Å². The quantitative estimate of drug-likeness (QED) is 0.211. The van der Waals surface area contributed by atoms with E-state index in [4.69, 9.17) is 0 Å². The number of sulfonamides is 1. The van der Waals surface area contributed by atoms with Gasteiger partial charge in [0.05, 0.1) is 11.2 Å². The number of Topliss-reactive ketones (excluding diaryl/α,β-unsaturated/α-hetero) is 1. The standard InChI is InChI=1S/C20H20BrN3O5S/c1-30(28,29)22-10-5-11-23-13-16(15-7-4-9-18(20(15)23)24(26)27)19(25)12-14-6-2-3-8-17(14)21/h2-4,6-9,13,22H,5,10-12H2,1H3. The first-order chi connectivity index (χ1) is 14.2. The molecule has 30 heavy (non-hydrogen) atoms. The molecule has 0 fully saturated rings. The third-order valence-corrected chi connectivity index (χ3v) is 6.13. The molecule has 0 amide bonds. The lowest BCUT2D eigenvalue weighted by molar-refractivity contribution is -0.383. The van der Waals surface area contributed by atoms with Crippen LogP contribution < -0.4 is 4.72 Å². The van der Waals surface area contributed by atoms with Gasteiger partial charge in [-0.25, -0.2) is 13.1 Å². The number of rotatable bonds is 9. The summed E-state index contributed by atoms with van der Waals surface area (Å²) in [5, 5.41) is 12.1. The molecule has 0 bridgehead atoms. The second-order valence-electron chi connectivity index (χ2n) is 6.88. The van der Waals surface area contributed by atoms with Gasteiger partial charge >= 0.3 is 0 Å². The number of aromatic nitrogens is 1. The van der Waals surface area contributed by atoms with Crippen molar-refractivity contribution < 1.29 is 18.1 Å². The highest BCUT2D eigenvalue weighted by Crippen LogP contribution is 2.31. The first-order valence-electron chi connectivity index (χ1n) is 9.15. The summed E-state index contributed by atoms with van der Waals surface area (Å²) in [6.07, 6.45) is 3.26. The second-order valence-corrected chi connectivity index (χ2v) is 9.57. The maximum atomic E-state index is 13.0. The van der Waals surface area contributed by atoms with E-state index in [9.17, 15) is 23.3 Å². The van der Waals surface area contributed by atoms with Gasteiger partial charge in [-0.05, 0) is 18.1 Å². The van der Waals surface area contributed by atoms with Crippen LogP contribution in [0.4, 0.5) is 5.69 Å². The average Bonchev–Trinajstić information content (AvgIpc) is 3.05. The molecule has 0 aliphatic rings. The zero-order valence-electron chi connectivity index (χ0n) is 16.2. The molecule has 2 aromatic carbocycles. The van der Waals surface area contributed by atoms with E-state index in [2.05, 4.69) is 20.7 Å². The number of halogens is 1. The number of carbonyl (C=O) groups is 1. The molecule has 0 atom stereocenters. The Morgan fingerprint density at radius 3 is 2.60 bits per heavy atom. The number of nitrogens with one attached hydrogen (secondary N) is 1. The molecule has 0 aliphatic heterocycles. The van der Waals surface area contributed by atoms with Crippen LogP contribution in [0.5, 0.6) is 0 Å². The molecule has 1 aromatic heterocycles. The van der Waals surface area contributed by atoms with Crippen LogP contribution in [0, 0.1) is 10.1 Å². The van der Waals surface area contributed by atoms with E-state index >= 15 is 0 Å². The number of nitrogens with zero attached hydrogens (tertiary/aromatic N) is 2. The van der Waals surface area contributed by atoms with Gasteiger partial charge in [-0.15, -0.1) is 0 Å². The normalized spacial score (nSPS) is 11.7. The van der Waals surface area contributed by atoms with Crippen LogP contribution >= 0.6 is 15.9 Å².